The first-order valence-corrected chi connectivity index (χ1v) is 42.9. The van der Waals surface area contributed by atoms with E-state index in [9.17, 15) is 43.2 Å². The van der Waals surface area contributed by atoms with Crippen molar-refractivity contribution < 1.29 is 80.2 Å². The molecule has 574 valence electrons. The summed E-state index contributed by atoms with van der Waals surface area (Å²) in [6.07, 6.45) is 69.4. The SMILES string of the molecule is CCCCC/C=C\C/C=C\CCCCCCCC(=O)OC[C@H](COP(=O)(O)OC[C@H](O)COP(=O)(O)OC[C@@H](COC(=O)CCCCCCC/C=C\CCCCCCCC)OC(=O)CCCCCCCCCCCCCCC)OC(=O)CCCCCCC/C=C\CCCCCCCC. The second kappa shape index (κ2) is 72.4. The fourth-order valence-electron chi connectivity index (χ4n) is 11.1. The van der Waals surface area contributed by atoms with Gasteiger partial charge in [0.05, 0.1) is 26.4 Å². The van der Waals surface area contributed by atoms with Crippen LogP contribution in [0.4, 0.5) is 0 Å². The molecular formula is C79H146O17P2. The highest BCUT2D eigenvalue weighted by Gasteiger charge is 2.30. The van der Waals surface area contributed by atoms with Crippen molar-refractivity contribution in [2.45, 2.75) is 393 Å². The number of carbonyl (C=O) groups is 4. The predicted molar refractivity (Wildman–Crippen MR) is 400 cm³/mol. The summed E-state index contributed by atoms with van der Waals surface area (Å²) in [5.74, 6) is -2.17. The molecule has 0 saturated carbocycles. The molecule has 0 aromatic carbocycles. The van der Waals surface area contributed by atoms with E-state index in [1.807, 2.05) is 0 Å². The molecule has 0 saturated heterocycles. The summed E-state index contributed by atoms with van der Waals surface area (Å²) in [4.78, 5) is 72.9. The van der Waals surface area contributed by atoms with Crippen LogP contribution < -0.4 is 0 Å². The molecule has 0 bridgehead atoms. The first-order chi connectivity index (χ1) is 47.7. The summed E-state index contributed by atoms with van der Waals surface area (Å²) in [5, 5.41) is 10.6. The number of phosphoric acid groups is 2. The Kier molecular flexibility index (Phi) is 70.2. The number of ether oxygens (including phenoxy) is 4. The molecular weight excluding hydrogens is 1280 g/mol. The van der Waals surface area contributed by atoms with Gasteiger partial charge in [0, 0.05) is 25.7 Å². The molecule has 2 unspecified atom stereocenters. The average Bonchev–Trinajstić information content (AvgIpc) is 1.04. The fraction of sp³-hybridized carbons (Fsp3) is 0.848. The zero-order chi connectivity index (χ0) is 71.8. The number of esters is 4. The van der Waals surface area contributed by atoms with E-state index >= 15 is 0 Å². The number of aliphatic hydroxyl groups is 1. The Balaban J connectivity index is 5.33. The van der Waals surface area contributed by atoms with Crippen molar-refractivity contribution >= 4 is 39.5 Å². The topological polar surface area (TPSA) is 237 Å². The smallest absolute Gasteiger partial charge is 0.462 e. The molecule has 0 aliphatic carbocycles. The van der Waals surface area contributed by atoms with Gasteiger partial charge < -0.3 is 33.8 Å². The molecule has 19 heteroatoms. The molecule has 0 fully saturated rings. The molecule has 0 radical (unpaired) electrons. The number of hydrogen-bond acceptors (Lipinski definition) is 15. The van der Waals surface area contributed by atoms with E-state index in [0.717, 1.165) is 148 Å². The molecule has 0 aliphatic rings. The Labute approximate surface area is 597 Å². The Morgan fingerprint density at radius 1 is 0.286 bits per heavy atom. The maximum Gasteiger partial charge on any atom is 0.472 e. The van der Waals surface area contributed by atoms with E-state index in [4.69, 9.17) is 37.0 Å². The second-order valence-electron chi connectivity index (χ2n) is 27.0. The number of rotatable bonds is 76. The molecule has 0 amide bonds. The molecule has 17 nitrogen and oxygen atoms in total. The van der Waals surface area contributed by atoms with Gasteiger partial charge in [-0.1, -0.05) is 288 Å². The normalized spacial score (nSPS) is 14.2. The number of phosphoric ester groups is 2. The Morgan fingerprint density at radius 2 is 0.500 bits per heavy atom. The molecule has 0 aliphatic heterocycles. The first-order valence-electron chi connectivity index (χ1n) is 39.9. The van der Waals surface area contributed by atoms with Gasteiger partial charge in [-0.15, -0.1) is 0 Å². The van der Waals surface area contributed by atoms with Gasteiger partial charge in [-0.2, -0.15) is 0 Å². The van der Waals surface area contributed by atoms with Crippen LogP contribution in [0.3, 0.4) is 0 Å². The molecule has 0 aromatic rings. The standard InChI is InChI=1S/C79H146O17P2/c1-5-9-13-17-21-25-29-33-36-40-43-47-51-55-59-63-76(81)89-69-74(95-78(83)65-61-57-53-49-45-39-32-28-24-20-16-12-8-4)71-93-97(85,86)91-67-73(80)68-92-98(87,88)94-72-75(96-79(84)66-62-58-54-50-46-42-38-35-31-27-23-19-15-11-7-3)70-90-77(82)64-60-56-52-48-44-41-37-34-30-26-22-18-14-10-6-2/h22,26,33-38,73-75,80H,5-21,23-25,27-32,39-72H2,1-4H3,(H,85,86)(H,87,88)/b26-22-,36-33-,37-34-,38-35-/t73-,74-,75-/m1/s1. The predicted octanol–water partition coefficient (Wildman–Crippen LogP) is 22.9. The number of aliphatic hydroxyl groups excluding tert-OH is 1. The lowest BCUT2D eigenvalue weighted by Gasteiger charge is -2.21. The molecule has 0 aromatic heterocycles. The van der Waals surface area contributed by atoms with Gasteiger partial charge in [-0.25, -0.2) is 9.13 Å². The van der Waals surface area contributed by atoms with Crippen LogP contribution in [0.15, 0.2) is 48.6 Å². The number of carbonyl (C=O) groups excluding carboxylic acids is 4. The van der Waals surface area contributed by atoms with Crippen LogP contribution in [0.2, 0.25) is 0 Å². The lowest BCUT2D eigenvalue weighted by atomic mass is 10.0. The zero-order valence-corrected chi connectivity index (χ0v) is 64.5. The monoisotopic (exact) mass is 1430 g/mol. The van der Waals surface area contributed by atoms with E-state index < -0.39 is 97.5 Å². The van der Waals surface area contributed by atoms with E-state index in [1.165, 1.54) is 148 Å². The number of unbranched alkanes of at least 4 members (excludes halogenated alkanes) is 42. The minimum atomic E-state index is -4.97. The van der Waals surface area contributed by atoms with Crippen LogP contribution in [0.25, 0.3) is 0 Å². The van der Waals surface area contributed by atoms with Gasteiger partial charge in [0.15, 0.2) is 12.2 Å². The summed E-state index contributed by atoms with van der Waals surface area (Å²) in [6, 6.07) is 0. The summed E-state index contributed by atoms with van der Waals surface area (Å²) in [6.45, 7) is 4.88. The van der Waals surface area contributed by atoms with Gasteiger partial charge >= 0.3 is 39.5 Å². The molecule has 3 N–H and O–H groups in total. The van der Waals surface area contributed by atoms with E-state index in [-0.39, 0.29) is 25.7 Å². The zero-order valence-electron chi connectivity index (χ0n) is 62.7. The van der Waals surface area contributed by atoms with Crippen LogP contribution in [0.1, 0.15) is 374 Å². The lowest BCUT2D eigenvalue weighted by molar-refractivity contribution is -0.161. The van der Waals surface area contributed by atoms with Crippen molar-refractivity contribution in [2.75, 3.05) is 39.6 Å². The van der Waals surface area contributed by atoms with Crippen molar-refractivity contribution in [3.63, 3.8) is 0 Å². The highest BCUT2D eigenvalue weighted by molar-refractivity contribution is 7.47. The fourth-order valence-corrected chi connectivity index (χ4v) is 12.7. The van der Waals surface area contributed by atoms with Crippen molar-refractivity contribution in [3.8, 4) is 0 Å². The van der Waals surface area contributed by atoms with Gasteiger partial charge in [0.1, 0.15) is 19.3 Å². The Hall–Kier alpha value is -2.98. The lowest BCUT2D eigenvalue weighted by Crippen LogP contribution is -2.30. The summed E-state index contributed by atoms with van der Waals surface area (Å²) in [7, 11) is -9.94. The van der Waals surface area contributed by atoms with Crippen LogP contribution >= 0.6 is 15.6 Å². The average molecular weight is 1430 g/mol. The Morgan fingerprint density at radius 3 is 0.786 bits per heavy atom. The quantitative estimate of drug-likeness (QED) is 0.0169. The summed E-state index contributed by atoms with van der Waals surface area (Å²) < 4.78 is 68.6. The van der Waals surface area contributed by atoms with Crippen molar-refractivity contribution in [1.29, 1.82) is 0 Å². The number of allylic oxidation sites excluding steroid dienone is 8. The second-order valence-corrected chi connectivity index (χ2v) is 29.9. The maximum absolute atomic E-state index is 13.1. The molecule has 5 atom stereocenters. The van der Waals surface area contributed by atoms with Gasteiger partial charge in [-0.05, 0) is 109 Å². The molecule has 0 rings (SSSR count). The maximum atomic E-state index is 13.1. The summed E-state index contributed by atoms with van der Waals surface area (Å²) in [5.41, 5.74) is 0. The third-order valence-electron chi connectivity index (χ3n) is 17.3. The van der Waals surface area contributed by atoms with Crippen LogP contribution in [0, 0.1) is 0 Å². The van der Waals surface area contributed by atoms with Crippen LogP contribution in [-0.2, 0) is 65.4 Å². The van der Waals surface area contributed by atoms with Gasteiger partial charge in [-0.3, -0.25) is 37.3 Å². The van der Waals surface area contributed by atoms with Crippen LogP contribution in [0.5, 0.6) is 0 Å². The van der Waals surface area contributed by atoms with E-state index in [2.05, 4.69) is 76.3 Å². The van der Waals surface area contributed by atoms with Gasteiger partial charge in [0.2, 0.25) is 0 Å². The molecule has 0 spiro atoms. The third kappa shape index (κ3) is 71.4. The van der Waals surface area contributed by atoms with E-state index in [0.29, 0.717) is 25.7 Å². The number of hydrogen-bond donors (Lipinski definition) is 3. The minimum absolute atomic E-state index is 0.0869. The molecule has 0 heterocycles. The highest BCUT2D eigenvalue weighted by atomic mass is 31.2. The first kappa shape index (κ1) is 95.0. The largest absolute Gasteiger partial charge is 0.472 e. The molecule has 98 heavy (non-hydrogen) atoms. The third-order valence-corrected chi connectivity index (χ3v) is 19.2. The van der Waals surface area contributed by atoms with Crippen molar-refractivity contribution in [1.82, 2.24) is 0 Å². The van der Waals surface area contributed by atoms with Crippen molar-refractivity contribution in [2.24, 2.45) is 0 Å². The van der Waals surface area contributed by atoms with Crippen LogP contribution in [-0.4, -0.2) is 96.7 Å². The van der Waals surface area contributed by atoms with Crippen molar-refractivity contribution in [3.05, 3.63) is 48.6 Å². The van der Waals surface area contributed by atoms with E-state index in [1.54, 1.807) is 0 Å². The highest BCUT2D eigenvalue weighted by Crippen LogP contribution is 2.45. The summed E-state index contributed by atoms with van der Waals surface area (Å²) >= 11 is 0. The Bertz CT molecular complexity index is 2050. The minimum Gasteiger partial charge on any atom is -0.462 e. The van der Waals surface area contributed by atoms with Gasteiger partial charge in [0.25, 0.3) is 0 Å².